The minimum Gasteiger partial charge on any atom is -0.512 e. The van der Waals surface area contributed by atoms with E-state index in [1.54, 1.807) is 0 Å². The van der Waals surface area contributed by atoms with Crippen LogP contribution in [0.2, 0.25) is 0 Å². The third-order valence-electron chi connectivity index (χ3n) is 4.66. The molecule has 0 aromatic heterocycles. The quantitative estimate of drug-likeness (QED) is 0.766. The summed E-state index contributed by atoms with van der Waals surface area (Å²) in [7, 11) is 0. The SMILES string of the molecule is CC#Cc1ccc(C2=C(O)C3CCC(C3)C2O)c(C)c1. The first kappa shape index (κ1) is 13.3. The summed E-state index contributed by atoms with van der Waals surface area (Å²) in [4.78, 5) is 0. The molecular formula is C18H20O2. The Morgan fingerprint density at radius 3 is 2.75 bits per heavy atom. The predicted octanol–water partition coefficient (Wildman–Crippen LogP) is 3.43. The van der Waals surface area contributed by atoms with E-state index in [0.717, 1.165) is 41.5 Å². The van der Waals surface area contributed by atoms with Gasteiger partial charge in [0.1, 0.15) is 5.76 Å². The van der Waals surface area contributed by atoms with Crippen LogP contribution < -0.4 is 0 Å². The van der Waals surface area contributed by atoms with Crippen LogP contribution >= 0.6 is 0 Å². The lowest BCUT2D eigenvalue weighted by Gasteiger charge is -2.29. The van der Waals surface area contributed by atoms with Gasteiger partial charge in [0, 0.05) is 17.1 Å². The van der Waals surface area contributed by atoms with Gasteiger partial charge in [0.05, 0.1) is 6.10 Å². The monoisotopic (exact) mass is 268 g/mol. The van der Waals surface area contributed by atoms with Crippen molar-refractivity contribution in [2.45, 2.75) is 39.2 Å². The molecule has 2 nitrogen and oxygen atoms in total. The maximum absolute atomic E-state index is 10.5. The molecule has 0 heterocycles. The smallest absolute Gasteiger partial charge is 0.102 e. The van der Waals surface area contributed by atoms with Crippen LogP contribution in [0.5, 0.6) is 0 Å². The van der Waals surface area contributed by atoms with Gasteiger partial charge < -0.3 is 10.2 Å². The zero-order chi connectivity index (χ0) is 14.3. The van der Waals surface area contributed by atoms with E-state index in [9.17, 15) is 10.2 Å². The van der Waals surface area contributed by atoms with Crippen molar-refractivity contribution in [2.75, 3.05) is 0 Å². The Morgan fingerprint density at radius 2 is 2.05 bits per heavy atom. The highest BCUT2D eigenvalue weighted by Crippen LogP contribution is 2.47. The number of aliphatic hydroxyl groups excluding tert-OH is 2. The fourth-order valence-corrected chi connectivity index (χ4v) is 3.64. The molecule has 104 valence electrons. The lowest BCUT2D eigenvalue weighted by atomic mass is 9.81. The van der Waals surface area contributed by atoms with Crippen LogP contribution in [0.3, 0.4) is 0 Å². The van der Waals surface area contributed by atoms with Crippen molar-refractivity contribution < 1.29 is 10.2 Å². The number of fused-ring (bicyclic) bond motifs is 2. The van der Waals surface area contributed by atoms with E-state index in [2.05, 4.69) is 11.8 Å². The summed E-state index contributed by atoms with van der Waals surface area (Å²) in [5, 5.41) is 21.0. The van der Waals surface area contributed by atoms with Crippen LogP contribution in [-0.2, 0) is 0 Å². The maximum atomic E-state index is 10.5. The fraction of sp³-hybridized carbons (Fsp3) is 0.444. The van der Waals surface area contributed by atoms with Crippen molar-refractivity contribution in [3.8, 4) is 11.8 Å². The normalized spacial score (nSPS) is 28.2. The zero-order valence-corrected chi connectivity index (χ0v) is 12.0. The predicted molar refractivity (Wildman–Crippen MR) is 80.1 cm³/mol. The van der Waals surface area contributed by atoms with Gasteiger partial charge in [-0.1, -0.05) is 12.0 Å². The Balaban J connectivity index is 2.07. The summed E-state index contributed by atoms with van der Waals surface area (Å²) < 4.78 is 0. The standard InChI is InChI=1S/C18H20O2/c1-3-4-12-5-8-15(11(2)9-12)16-17(19)13-6-7-14(10-13)18(16)20/h5,8-9,13-14,17,19-20H,6-7,10H2,1-2H3. The van der Waals surface area contributed by atoms with Crippen LogP contribution in [0.25, 0.3) is 5.57 Å². The maximum Gasteiger partial charge on any atom is 0.102 e. The van der Waals surface area contributed by atoms with E-state index >= 15 is 0 Å². The summed E-state index contributed by atoms with van der Waals surface area (Å²) in [6.45, 7) is 3.83. The molecule has 0 amide bonds. The number of benzene rings is 1. The second-order valence-electron chi connectivity index (χ2n) is 5.92. The minimum absolute atomic E-state index is 0.243. The van der Waals surface area contributed by atoms with E-state index in [4.69, 9.17) is 0 Å². The summed E-state index contributed by atoms with van der Waals surface area (Å²) >= 11 is 0. The third-order valence-corrected chi connectivity index (χ3v) is 4.66. The molecular weight excluding hydrogens is 248 g/mol. The van der Waals surface area contributed by atoms with Crippen LogP contribution in [0.4, 0.5) is 0 Å². The first-order valence-electron chi connectivity index (χ1n) is 7.26. The third kappa shape index (κ3) is 2.03. The van der Waals surface area contributed by atoms with Crippen LogP contribution in [0.1, 0.15) is 42.9 Å². The van der Waals surface area contributed by atoms with Crippen molar-refractivity contribution in [1.82, 2.24) is 0 Å². The van der Waals surface area contributed by atoms with Crippen LogP contribution in [-0.4, -0.2) is 16.3 Å². The molecule has 3 atom stereocenters. The molecule has 1 saturated carbocycles. The summed E-state index contributed by atoms with van der Waals surface area (Å²) in [5.41, 5.74) is 3.75. The van der Waals surface area contributed by atoms with Gasteiger partial charge in [0.2, 0.25) is 0 Å². The second kappa shape index (κ2) is 5.00. The van der Waals surface area contributed by atoms with Crippen molar-refractivity contribution in [1.29, 1.82) is 0 Å². The number of aliphatic hydroxyl groups is 2. The Kier molecular flexibility index (Phi) is 3.31. The van der Waals surface area contributed by atoms with Crippen molar-refractivity contribution in [2.24, 2.45) is 11.8 Å². The molecule has 3 unspecified atom stereocenters. The van der Waals surface area contributed by atoms with Crippen LogP contribution in [0, 0.1) is 30.6 Å². The molecule has 1 aromatic carbocycles. The van der Waals surface area contributed by atoms with Crippen molar-refractivity contribution >= 4 is 5.57 Å². The van der Waals surface area contributed by atoms with Crippen molar-refractivity contribution in [3.05, 3.63) is 40.6 Å². The topological polar surface area (TPSA) is 40.5 Å². The average molecular weight is 268 g/mol. The van der Waals surface area contributed by atoms with E-state index in [0.29, 0.717) is 11.7 Å². The second-order valence-corrected chi connectivity index (χ2v) is 5.92. The Morgan fingerprint density at radius 1 is 1.25 bits per heavy atom. The van der Waals surface area contributed by atoms with E-state index in [1.165, 1.54) is 0 Å². The average Bonchev–Trinajstić information content (AvgIpc) is 2.86. The first-order valence-corrected chi connectivity index (χ1v) is 7.26. The van der Waals surface area contributed by atoms with Gasteiger partial charge in [-0.25, -0.2) is 0 Å². The molecule has 0 spiro atoms. The lowest BCUT2D eigenvalue weighted by Crippen LogP contribution is -2.26. The van der Waals surface area contributed by atoms with Crippen LogP contribution in [0.15, 0.2) is 24.0 Å². The molecule has 3 rings (SSSR count). The Hall–Kier alpha value is -1.72. The van der Waals surface area contributed by atoms with Gasteiger partial charge in [-0.2, -0.15) is 0 Å². The van der Waals surface area contributed by atoms with Gasteiger partial charge in [-0.15, -0.1) is 5.92 Å². The lowest BCUT2D eigenvalue weighted by molar-refractivity contribution is 0.146. The summed E-state index contributed by atoms with van der Waals surface area (Å²) in [6, 6.07) is 5.96. The van der Waals surface area contributed by atoms with Gasteiger partial charge >= 0.3 is 0 Å². The molecule has 2 N–H and O–H groups in total. The highest BCUT2D eigenvalue weighted by atomic mass is 16.3. The fourth-order valence-electron chi connectivity index (χ4n) is 3.64. The molecule has 0 radical (unpaired) electrons. The molecule has 0 aliphatic heterocycles. The number of hydrogen-bond donors (Lipinski definition) is 2. The molecule has 1 fully saturated rings. The number of allylic oxidation sites excluding steroid dienone is 1. The molecule has 2 aliphatic rings. The van der Waals surface area contributed by atoms with E-state index < -0.39 is 6.10 Å². The van der Waals surface area contributed by atoms with E-state index in [1.807, 2.05) is 32.0 Å². The zero-order valence-electron chi connectivity index (χ0n) is 12.0. The summed E-state index contributed by atoms with van der Waals surface area (Å²) in [6.07, 6.45) is 2.40. The number of rotatable bonds is 1. The molecule has 2 aliphatic carbocycles. The molecule has 1 aromatic rings. The van der Waals surface area contributed by atoms with E-state index in [-0.39, 0.29) is 5.92 Å². The number of aryl methyl sites for hydroxylation is 1. The highest BCUT2D eigenvalue weighted by molar-refractivity contribution is 5.75. The van der Waals surface area contributed by atoms with Crippen molar-refractivity contribution in [3.63, 3.8) is 0 Å². The number of hydrogen-bond acceptors (Lipinski definition) is 2. The van der Waals surface area contributed by atoms with Gasteiger partial charge in [0.25, 0.3) is 0 Å². The largest absolute Gasteiger partial charge is 0.512 e. The minimum atomic E-state index is -0.532. The van der Waals surface area contributed by atoms with Gasteiger partial charge in [0.15, 0.2) is 0 Å². The molecule has 0 saturated heterocycles. The van der Waals surface area contributed by atoms with Gasteiger partial charge in [-0.3, -0.25) is 0 Å². The molecule has 2 bridgehead atoms. The Labute approximate surface area is 120 Å². The van der Waals surface area contributed by atoms with Gasteiger partial charge in [-0.05, 0) is 62.3 Å². The summed E-state index contributed by atoms with van der Waals surface area (Å²) in [5.74, 6) is 6.89. The highest BCUT2D eigenvalue weighted by Gasteiger charge is 2.41. The molecule has 20 heavy (non-hydrogen) atoms. The Bertz CT molecular complexity index is 631. The molecule has 2 heteroatoms. The first-order chi connectivity index (χ1) is 9.61.